The molecule has 1 saturated heterocycles. The van der Waals surface area contributed by atoms with Gasteiger partial charge in [-0.05, 0) is 6.42 Å². The highest BCUT2D eigenvalue weighted by Gasteiger charge is 2.71. The molecule has 114 valence electrons. The quantitative estimate of drug-likeness (QED) is 0.518. The van der Waals surface area contributed by atoms with Crippen molar-refractivity contribution >= 4 is 11.9 Å². The van der Waals surface area contributed by atoms with Gasteiger partial charge in [0.05, 0.1) is 6.10 Å². The molecule has 20 heavy (non-hydrogen) atoms. The summed E-state index contributed by atoms with van der Waals surface area (Å²) in [6.45, 7) is 3.99. The van der Waals surface area contributed by atoms with E-state index in [1.54, 1.807) is 0 Å². The van der Waals surface area contributed by atoms with Crippen LogP contribution in [0.1, 0.15) is 26.7 Å². The van der Waals surface area contributed by atoms with E-state index >= 15 is 0 Å². The van der Waals surface area contributed by atoms with Gasteiger partial charge in [0, 0.05) is 31.0 Å². The number of carboxylic acid groups (broad SMARTS) is 1. The summed E-state index contributed by atoms with van der Waals surface area (Å²) in [4.78, 5) is 23.5. The van der Waals surface area contributed by atoms with Crippen molar-refractivity contribution in [3.8, 4) is 0 Å². The lowest BCUT2D eigenvalue weighted by molar-refractivity contribution is -0.177. The number of fused-ring (bicyclic) bond motifs is 1. The number of ether oxygens (including phenoxy) is 1. The summed E-state index contributed by atoms with van der Waals surface area (Å²) in [5.41, 5.74) is 4.64. The molecule has 0 aromatic rings. The Labute approximate surface area is 117 Å². The minimum absolute atomic E-state index is 0.0395. The number of hydrogen-bond donors (Lipinski definition) is 4. The van der Waals surface area contributed by atoms with Crippen molar-refractivity contribution in [2.24, 2.45) is 17.1 Å². The zero-order valence-corrected chi connectivity index (χ0v) is 11.8. The van der Waals surface area contributed by atoms with Crippen LogP contribution in [0.4, 0.5) is 0 Å². The first-order chi connectivity index (χ1) is 9.26. The highest BCUT2D eigenvalue weighted by atomic mass is 16.5. The molecule has 3 unspecified atom stereocenters. The average molecular weight is 286 g/mol. The SMILES string of the molecule is CC1(C)C2OCCC2C1(N)C(=O)N[C@@H](CCO)C(=O)O. The summed E-state index contributed by atoms with van der Waals surface area (Å²) in [5.74, 6) is -1.73. The Morgan fingerprint density at radius 1 is 1.50 bits per heavy atom. The topological polar surface area (TPSA) is 122 Å². The number of carboxylic acids is 1. The molecular formula is C13H22N2O5. The summed E-state index contributed by atoms with van der Waals surface area (Å²) >= 11 is 0. The number of aliphatic hydroxyl groups excluding tert-OH is 1. The normalized spacial score (nSPS) is 35.8. The van der Waals surface area contributed by atoms with Crippen LogP contribution in [0.5, 0.6) is 0 Å². The Morgan fingerprint density at radius 2 is 2.15 bits per heavy atom. The molecule has 0 radical (unpaired) electrons. The fourth-order valence-corrected chi connectivity index (χ4v) is 3.51. The van der Waals surface area contributed by atoms with Crippen LogP contribution in [0, 0.1) is 11.3 Å². The lowest BCUT2D eigenvalue weighted by Crippen LogP contribution is -2.80. The van der Waals surface area contributed by atoms with Crippen molar-refractivity contribution in [1.29, 1.82) is 0 Å². The maximum Gasteiger partial charge on any atom is 0.326 e. The molecule has 1 saturated carbocycles. The van der Waals surface area contributed by atoms with Gasteiger partial charge < -0.3 is 26.0 Å². The molecule has 1 heterocycles. The minimum atomic E-state index is -1.17. The van der Waals surface area contributed by atoms with Crippen LogP contribution in [-0.4, -0.2) is 53.0 Å². The van der Waals surface area contributed by atoms with E-state index in [1.807, 2.05) is 13.8 Å². The highest BCUT2D eigenvalue weighted by Crippen LogP contribution is 2.58. The van der Waals surface area contributed by atoms with Gasteiger partial charge in [-0.2, -0.15) is 0 Å². The molecule has 4 atom stereocenters. The number of hydrogen-bond acceptors (Lipinski definition) is 5. The first-order valence-corrected chi connectivity index (χ1v) is 6.82. The van der Waals surface area contributed by atoms with E-state index < -0.39 is 28.9 Å². The van der Waals surface area contributed by atoms with E-state index in [0.717, 1.165) is 0 Å². The van der Waals surface area contributed by atoms with E-state index in [-0.39, 0.29) is 25.0 Å². The van der Waals surface area contributed by atoms with Gasteiger partial charge in [0.15, 0.2) is 0 Å². The van der Waals surface area contributed by atoms with Gasteiger partial charge in [0.2, 0.25) is 5.91 Å². The summed E-state index contributed by atoms with van der Waals surface area (Å²) in [6.07, 6.45) is 0.608. The number of nitrogens with two attached hydrogens (primary N) is 1. The van der Waals surface area contributed by atoms with Crippen LogP contribution >= 0.6 is 0 Å². The second kappa shape index (κ2) is 4.98. The summed E-state index contributed by atoms with van der Waals surface area (Å²) in [5, 5.41) is 20.3. The molecule has 0 spiro atoms. The van der Waals surface area contributed by atoms with Crippen molar-refractivity contribution < 1.29 is 24.5 Å². The van der Waals surface area contributed by atoms with Crippen molar-refractivity contribution in [3.63, 3.8) is 0 Å². The average Bonchev–Trinajstić information content (AvgIpc) is 2.84. The van der Waals surface area contributed by atoms with Crippen LogP contribution in [0.25, 0.3) is 0 Å². The number of aliphatic hydroxyl groups is 1. The summed E-state index contributed by atoms with van der Waals surface area (Å²) in [6, 6.07) is -1.12. The van der Waals surface area contributed by atoms with E-state index in [0.29, 0.717) is 13.0 Å². The monoisotopic (exact) mass is 286 g/mol. The number of rotatable bonds is 5. The van der Waals surface area contributed by atoms with E-state index in [9.17, 15) is 9.59 Å². The third-order valence-electron chi connectivity index (χ3n) is 4.85. The zero-order valence-electron chi connectivity index (χ0n) is 11.8. The van der Waals surface area contributed by atoms with Crippen molar-refractivity contribution in [1.82, 2.24) is 5.32 Å². The molecule has 7 heteroatoms. The number of aliphatic carboxylic acids is 1. The molecule has 0 aromatic heterocycles. The third kappa shape index (κ3) is 1.92. The maximum atomic E-state index is 12.5. The zero-order chi connectivity index (χ0) is 15.1. The fourth-order valence-electron chi connectivity index (χ4n) is 3.51. The van der Waals surface area contributed by atoms with E-state index in [1.165, 1.54) is 0 Å². The first-order valence-electron chi connectivity index (χ1n) is 6.82. The largest absolute Gasteiger partial charge is 0.480 e. The molecule has 1 aliphatic carbocycles. The fraction of sp³-hybridized carbons (Fsp3) is 0.846. The second-order valence-electron chi connectivity index (χ2n) is 6.15. The van der Waals surface area contributed by atoms with Gasteiger partial charge in [-0.15, -0.1) is 0 Å². The van der Waals surface area contributed by atoms with Crippen LogP contribution < -0.4 is 11.1 Å². The summed E-state index contributed by atoms with van der Waals surface area (Å²) < 4.78 is 5.60. The van der Waals surface area contributed by atoms with Crippen molar-refractivity contribution in [2.45, 2.75) is 44.4 Å². The van der Waals surface area contributed by atoms with Crippen molar-refractivity contribution in [3.05, 3.63) is 0 Å². The Bertz CT molecular complexity index is 425. The molecule has 7 nitrogen and oxygen atoms in total. The molecule has 0 aromatic carbocycles. The molecule has 0 bridgehead atoms. The van der Waals surface area contributed by atoms with Gasteiger partial charge in [-0.1, -0.05) is 13.8 Å². The number of carbonyl (C=O) groups excluding carboxylic acids is 1. The van der Waals surface area contributed by atoms with Gasteiger partial charge >= 0.3 is 5.97 Å². The predicted molar refractivity (Wildman–Crippen MR) is 69.8 cm³/mol. The van der Waals surface area contributed by atoms with Gasteiger partial charge in [-0.25, -0.2) is 4.79 Å². The van der Waals surface area contributed by atoms with Crippen LogP contribution in [0.15, 0.2) is 0 Å². The Kier molecular flexibility index (Phi) is 3.79. The Morgan fingerprint density at radius 3 is 2.70 bits per heavy atom. The lowest BCUT2D eigenvalue weighted by Gasteiger charge is -2.60. The Balaban J connectivity index is 2.13. The smallest absolute Gasteiger partial charge is 0.326 e. The molecule has 1 amide bonds. The predicted octanol–water partition coefficient (Wildman–Crippen LogP) is -0.919. The molecular weight excluding hydrogens is 264 g/mol. The summed E-state index contributed by atoms with van der Waals surface area (Å²) in [7, 11) is 0. The standard InChI is InChI=1S/C13H22N2O5/c1-12(2)9-7(4-6-20-9)13(12,14)11(19)15-8(3-5-16)10(17)18/h7-9,16H,3-6,14H2,1-2H3,(H,15,19)(H,17,18)/t7?,8-,9?,13?/m0/s1. The lowest BCUT2D eigenvalue weighted by atomic mass is 9.48. The minimum Gasteiger partial charge on any atom is -0.480 e. The molecule has 5 N–H and O–H groups in total. The van der Waals surface area contributed by atoms with Crippen molar-refractivity contribution in [2.75, 3.05) is 13.2 Å². The van der Waals surface area contributed by atoms with Gasteiger partial charge in [-0.3, -0.25) is 4.79 Å². The number of carbonyl (C=O) groups is 2. The maximum absolute atomic E-state index is 12.5. The molecule has 1 aliphatic heterocycles. The first kappa shape index (κ1) is 15.2. The van der Waals surface area contributed by atoms with Gasteiger partial charge in [0.1, 0.15) is 11.6 Å². The van der Waals surface area contributed by atoms with Crippen LogP contribution in [0.3, 0.4) is 0 Å². The van der Waals surface area contributed by atoms with Crippen LogP contribution in [-0.2, 0) is 14.3 Å². The molecule has 2 rings (SSSR count). The van der Waals surface area contributed by atoms with E-state index in [2.05, 4.69) is 5.32 Å². The highest BCUT2D eigenvalue weighted by molar-refractivity contribution is 5.92. The number of amides is 1. The number of nitrogens with one attached hydrogen (secondary N) is 1. The van der Waals surface area contributed by atoms with Crippen LogP contribution in [0.2, 0.25) is 0 Å². The molecule has 2 fully saturated rings. The Hall–Kier alpha value is -1.18. The van der Waals surface area contributed by atoms with Gasteiger partial charge in [0.25, 0.3) is 0 Å². The third-order valence-corrected chi connectivity index (χ3v) is 4.85. The second-order valence-corrected chi connectivity index (χ2v) is 6.15. The van der Waals surface area contributed by atoms with E-state index in [4.69, 9.17) is 20.7 Å². The molecule has 2 aliphatic rings.